The maximum atomic E-state index is 12.0. The SMILES string of the molecule is CCCCOCCNC(=O)c1sccc1C#CCCO. The normalized spacial score (nSPS) is 9.90. The van der Waals surface area contributed by atoms with Gasteiger partial charge in [0, 0.05) is 25.1 Å². The van der Waals surface area contributed by atoms with Gasteiger partial charge >= 0.3 is 0 Å². The van der Waals surface area contributed by atoms with Crippen molar-refractivity contribution in [2.24, 2.45) is 0 Å². The van der Waals surface area contributed by atoms with Gasteiger partial charge in [0.05, 0.1) is 13.2 Å². The number of aliphatic hydroxyl groups is 1. The smallest absolute Gasteiger partial charge is 0.262 e. The fourth-order valence-electron chi connectivity index (χ4n) is 1.46. The third-order valence-electron chi connectivity index (χ3n) is 2.51. The van der Waals surface area contributed by atoms with Gasteiger partial charge in [-0.05, 0) is 17.9 Å². The van der Waals surface area contributed by atoms with Crippen molar-refractivity contribution in [3.63, 3.8) is 0 Å². The van der Waals surface area contributed by atoms with E-state index in [0.717, 1.165) is 19.4 Å². The molecule has 20 heavy (non-hydrogen) atoms. The highest BCUT2D eigenvalue weighted by Gasteiger charge is 2.10. The second-order valence-corrected chi connectivity index (χ2v) is 5.08. The summed E-state index contributed by atoms with van der Waals surface area (Å²) in [4.78, 5) is 12.6. The molecule has 1 rings (SSSR count). The molecule has 4 nitrogen and oxygen atoms in total. The molecule has 0 aromatic carbocycles. The lowest BCUT2D eigenvalue weighted by molar-refractivity contribution is 0.0916. The Morgan fingerprint density at radius 2 is 2.35 bits per heavy atom. The number of amides is 1. The zero-order valence-electron chi connectivity index (χ0n) is 11.8. The number of nitrogens with one attached hydrogen (secondary N) is 1. The van der Waals surface area contributed by atoms with Gasteiger partial charge in [-0.1, -0.05) is 25.2 Å². The monoisotopic (exact) mass is 295 g/mol. The van der Waals surface area contributed by atoms with Gasteiger partial charge in [-0.25, -0.2) is 0 Å². The fourth-order valence-corrected chi connectivity index (χ4v) is 2.23. The van der Waals surface area contributed by atoms with E-state index in [9.17, 15) is 4.79 Å². The third-order valence-corrected chi connectivity index (χ3v) is 3.42. The van der Waals surface area contributed by atoms with Crippen molar-refractivity contribution < 1.29 is 14.6 Å². The molecule has 0 spiro atoms. The van der Waals surface area contributed by atoms with Crippen LogP contribution in [0.1, 0.15) is 41.4 Å². The number of ether oxygens (including phenoxy) is 1. The first-order valence-corrected chi connectivity index (χ1v) is 7.70. The molecule has 0 aliphatic heterocycles. The van der Waals surface area contributed by atoms with Crippen LogP contribution in [0, 0.1) is 11.8 Å². The maximum Gasteiger partial charge on any atom is 0.262 e. The molecule has 1 aromatic rings. The van der Waals surface area contributed by atoms with Crippen LogP contribution in [0.4, 0.5) is 0 Å². The molecular weight excluding hydrogens is 274 g/mol. The first-order chi connectivity index (χ1) is 9.79. The lowest BCUT2D eigenvalue weighted by Gasteiger charge is -2.05. The van der Waals surface area contributed by atoms with Crippen molar-refractivity contribution in [1.82, 2.24) is 5.32 Å². The van der Waals surface area contributed by atoms with E-state index in [0.29, 0.717) is 30.0 Å². The molecule has 0 aliphatic carbocycles. The summed E-state index contributed by atoms with van der Waals surface area (Å²) in [7, 11) is 0. The van der Waals surface area contributed by atoms with E-state index in [1.165, 1.54) is 11.3 Å². The highest BCUT2D eigenvalue weighted by atomic mass is 32.1. The van der Waals surface area contributed by atoms with E-state index in [-0.39, 0.29) is 12.5 Å². The number of carbonyl (C=O) groups excluding carboxylic acids is 1. The third kappa shape index (κ3) is 6.20. The summed E-state index contributed by atoms with van der Waals surface area (Å²) in [6.07, 6.45) is 2.57. The second kappa shape index (κ2) is 10.4. The second-order valence-electron chi connectivity index (χ2n) is 4.16. The van der Waals surface area contributed by atoms with E-state index >= 15 is 0 Å². The predicted molar refractivity (Wildman–Crippen MR) is 81.0 cm³/mol. The van der Waals surface area contributed by atoms with Gasteiger partial charge in [-0.3, -0.25) is 4.79 Å². The van der Waals surface area contributed by atoms with Crippen LogP contribution < -0.4 is 5.32 Å². The van der Waals surface area contributed by atoms with Crippen molar-refractivity contribution in [1.29, 1.82) is 0 Å². The van der Waals surface area contributed by atoms with Crippen molar-refractivity contribution >= 4 is 17.2 Å². The average Bonchev–Trinajstić information content (AvgIpc) is 2.91. The lowest BCUT2D eigenvalue weighted by atomic mass is 10.2. The van der Waals surface area contributed by atoms with Crippen LogP contribution in [0.5, 0.6) is 0 Å². The van der Waals surface area contributed by atoms with Crippen LogP contribution in [0.15, 0.2) is 11.4 Å². The van der Waals surface area contributed by atoms with Crippen LogP contribution in [-0.4, -0.2) is 37.4 Å². The molecule has 0 fully saturated rings. The average molecular weight is 295 g/mol. The van der Waals surface area contributed by atoms with Gasteiger partial charge < -0.3 is 15.2 Å². The number of thiophene rings is 1. The van der Waals surface area contributed by atoms with Gasteiger partial charge in [0.1, 0.15) is 4.88 Å². The first-order valence-electron chi connectivity index (χ1n) is 6.82. The standard InChI is InChI=1S/C15H21NO3S/c1-2-3-10-19-11-8-16-15(18)14-13(7-12-20-14)6-4-5-9-17/h7,12,17H,2-3,5,8-11H2,1H3,(H,16,18). The van der Waals surface area contributed by atoms with E-state index in [2.05, 4.69) is 24.1 Å². The molecule has 1 heterocycles. The van der Waals surface area contributed by atoms with Crippen LogP contribution in [0.2, 0.25) is 0 Å². The number of rotatable bonds is 8. The van der Waals surface area contributed by atoms with Crippen molar-refractivity contribution in [2.75, 3.05) is 26.4 Å². The molecule has 1 amide bonds. The fraction of sp³-hybridized carbons (Fsp3) is 0.533. The summed E-state index contributed by atoms with van der Waals surface area (Å²) in [6.45, 7) is 3.92. The van der Waals surface area contributed by atoms with Crippen LogP contribution in [0.3, 0.4) is 0 Å². The van der Waals surface area contributed by atoms with E-state index in [4.69, 9.17) is 9.84 Å². The Balaban J connectivity index is 2.37. The number of carbonyl (C=O) groups is 1. The quantitative estimate of drug-likeness (QED) is 0.570. The highest BCUT2D eigenvalue weighted by Crippen LogP contribution is 2.15. The number of aliphatic hydroxyl groups excluding tert-OH is 1. The zero-order chi connectivity index (χ0) is 14.6. The predicted octanol–water partition coefficient (Wildman–Crippen LogP) is 2.03. The van der Waals surface area contributed by atoms with Crippen LogP contribution in [0.25, 0.3) is 0 Å². The minimum atomic E-state index is -0.118. The molecule has 0 atom stereocenters. The van der Waals surface area contributed by atoms with Crippen molar-refractivity contribution in [3.05, 3.63) is 21.9 Å². The minimum Gasteiger partial charge on any atom is -0.395 e. The first kappa shape index (κ1) is 16.7. The molecule has 0 saturated carbocycles. The topological polar surface area (TPSA) is 58.6 Å². The Morgan fingerprint density at radius 3 is 3.10 bits per heavy atom. The highest BCUT2D eigenvalue weighted by molar-refractivity contribution is 7.12. The molecule has 0 aliphatic rings. The Labute approximate surface area is 124 Å². The largest absolute Gasteiger partial charge is 0.395 e. The van der Waals surface area contributed by atoms with Gasteiger partial charge in [0.25, 0.3) is 5.91 Å². The maximum absolute atomic E-state index is 12.0. The summed E-state index contributed by atoms with van der Waals surface area (Å²) >= 11 is 1.37. The molecule has 0 saturated heterocycles. The molecular formula is C15H21NO3S. The Hall–Kier alpha value is -1.35. The summed E-state index contributed by atoms with van der Waals surface area (Å²) in [6, 6.07) is 1.82. The van der Waals surface area contributed by atoms with E-state index < -0.39 is 0 Å². The summed E-state index contributed by atoms with van der Waals surface area (Å²) in [5.41, 5.74) is 0.716. The van der Waals surface area contributed by atoms with Crippen LogP contribution in [-0.2, 0) is 4.74 Å². The van der Waals surface area contributed by atoms with Gasteiger partial charge in [0.15, 0.2) is 0 Å². The molecule has 2 N–H and O–H groups in total. The summed E-state index contributed by atoms with van der Waals surface area (Å²) in [5.74, 6) is 5.61. The zero-order valence-corrected chi connectivity index (χ0v) is 12.6. The van der Waals surface area contributed by atoms with Gasteiger partial charge in [-0.15, -0.1) is 11.3 Å². The summed E-state index contributed by atoms with van der Waals surface area (Å²) in [5, 5.41) is 13.4. The van der Waals surface area contributed by atoms with Crippen molar-refractivity contribution in [3.8, 4) is 11.8 Å². The number of hydrogen-bond acceptors (Lipinski definition) is 4. The van der Waals surface area contributed by atoms with Crippen molar-refractivity contribution in [2.45, 2.75) is 26.2 Å². The molecule has 5 heteroatoms. The lowest BCUT2D eigenvalue weighted by Crippen LogP contribution is -2.27. The van der Waals surface area contributed by atoms with Gasteiger partial charge in [0.2, 0.25) is 0 Å². The number of unbranched alkanes of at least 4 members (excludes halogenated alkanes) is 1. The molecule has 0 bridgehead atoms. The Bertz CT molecular complexity index is 459. The molecule has 0 unspecified atom stereocenters. The molecule has 110 valence electrons. The van der Waals surface area contributed by atoms with Gasteiger partial charge in [-0.2, -0.15) is 0 Å². The summed E-state index contributed by atoms with van der Waals surface area (Å²) < 4.78 is 5.38. The minimum absolute atomic E-state index is 0.0355. The Kier molecular flexibility index (Phi) is 8.72. The molecule has 0 radical (unpaired) electrons. The van der Waals surface area contributed by atoms with E-state index in [1.54, 1.807) is 0 Å². The number of hydrogen-bond donors (Lipinski definition) is 2. The molecule has 1 aromatic heterocycles. The van der Waals surface area contributed by atoms with E-state index in [1.807, 2.05) is 11.4 Å². The Morgan fingerprint density at radius 1 is 1.50 bits per heavy atom. The van der Waals surface area contributed by atoms with Crippen LogP contribution >= 0.6 is 11.3 Å².